The van der Waals surface area contributed by atoms with Gasteiger partial charge in [-0.25, -0.2) is 0 Å². The van der Waals surface area contributed by atoms with Crippen LogP contribution in [0.3, 0.4) is 0 Å². The van der Waals surface area contributed by atoms with E-state index in [-0.39, 0.29) is 0 Å². The zero-order valence-electron chi connectivity index (χ0n) is 11.6. The fourth-order valence-electron chi connectivity index (χ4n) is 2.86. The van der Waals surface area contributed by atoms with E-state index in [1.165, 1.54) is 55.6 Å². The highest BCUT2D eigenvalue weighted by Crippen LogP contribution is 2.26. The predicted octanol–water partition coefficient (Wildman–Crippen LogP) is 4.75. The summed E-state index contributed by atoms with van der Waals surface area (Å²) in [4.78, 5) is 2.54. The summed E-state index contributed by atoms with van der Waals surface area (Å²) in [6.45, 7) is 6.89. The number of alkyl halides is 1. The number of hydrogen-bond acceptors (Lipinski definition) is 1. The average molecular weight is 266 g/mol. The summed E-state index contributed by atoms with van der Waals surface area (Å²) < 4.78 is 0. The van der Waals surface area contributed by atoms with Crippen molar-refractivity contribution in [2.75, 3.05) is 18.0 Å². The number of nitrogens with zero attached hydrogens (tertiary/aromatic N) is 1. The molecule has 0 saturated carbocycles. The summed E-state index contributed by atoms with van der Waals surface area (Å²) in [5.74, 6) is 1.54. The number of rotatable bonds is 3. The number of anilines is 1. The van der Waals surface area contributed by atoms with Gasteiger partial charge in [0.05, 0.1) is 0 Å². The van der Waals surface area contributed by atoms with Gasteiger partial charge in [-0.2, -0.15) is 0 Å². The van der Waals surface area contributed by atoms with Gasteiger partial charge >= 0.3 is 0 Å². The zero-order chi connectivity index (χ0) is 13.0. The van der Waals surface area contributed by atoms with E-state index >= 15 is 0 Å². The first-order valence-electron chi connectivity index (χ1n) is 7.15. The van der Waals surface area contributed by atoms with E-state index in [9.17, 15) is 0 Å². The van der Waals surface area contributed by atoms with Crippen LogP contribution in [0.15, 0.2) is 18.2 Å². The second-order valence-corrected chi connectivity index (χ2v) is 5.70. The lowest BCUT2D eigenvalue weighted by molar-refractivity contribution is 0.459. The van der Waals surface area contributed by atoms with Crippen molar-refractivity contribution in [3.8, 4) is 0 Å². The van der Waals surface area contributed by atoms with Gasteiger partial charge in [-0.1, -0.05) is 19.4 Å². The molecule has 1 aliphatic heterocycles. The Balaban J connectivity index is 2.09. The largest absolute Gasteiger partial charge is 0.372 e. The van der Waals surface area contributed by atoms with E-state index in [1.54, 1.807) is 0 Å². The Bertz CT molecular complexity index is 389. The molecule has 1 fully saturated rings. The van der Waals surface area contributed by atoms with Crippen LogP contribution in [0.5, 0.6) is 0 Å². The zero-order valence-corrected chi connectivity index (χ0v) is 12.3. The van der Waals surface area contributed by atoms with Gasteiger partial charge in [-0.15, -0.1) is 11.6 Å². The molecule has 0 radical (unpaired) electrons. The van der Waals surface area contributed by atoms with E-state index < -0.39 is 0 Å². The lowest BCUT2D eigenvalue weighted by Crippen LogP contribution is -2.24. The Kier molecular flexibility index (Phi) is 4.94. The third kappa shape index (κ3) is 3.20. The maximum atomic E-state index is 5.92. The van der Waals surface area contributed by atoms with E-state index in [0.717, 1.165) is 5.92 Å². The quantitative estimate of drug-likeness (QED) is 0.713. The number of benzene rings is 1. The molecule has 0 spiro atoms. The van der Waals surface area contributed by atoms with Crippen molar-refractivity contribution >= 4 is 17.3 Å². The predicted molar refractivity (Wildman–Crippen MR) is 80.6 cm³/mol. The molecule has 1 heterocycles. The Hall–Kier alpha value is -0.690. The molecule has 1 unspecified atom stereocenters. The van der Waals surface area contributed by atoms with Crippen LogP contribution >= 0.6 is 11.6 Å². The summed E-state index contributed by atoms with van der Waals surface area (Å²) in [6, 6.07) is 6.71. The van der Waals surface area contributed by atoms with Crippen LogP contribution < -0.4 is 4.90 Å². The van der Waals surface area contributed by atoms with Crippen LogP contribution in [0.25, 0.3) is 0 Å². The summed E-state index contributed by atoms with van der Waals surface area (Å²) in [5, 5.41) is 0. The van der Waals surface area contributed by atoms with Crippen molar-refractivity contribution in [3.05, 3.63) is 29.3 Å². The number of aryl methyl sites for hydroxylation is 1. The minimum absolute atomic E-state index is 0.615. The summed E-state index contributed by atoms with van der Waals surface area (Å²) in [5.41, 5.74) is 3.94. The van der Waals surface area contributed by atoms with Gasteiger partial charge in [-0.05, 0) is 55.4 Å². The van der Waals surface area contributed by atoms with Gasteiger partial charge in [0.2, 0.25) is 0 Å². The molecule has 0 N–H and O–H groups in total. The minimum atomic E-state index is 0.615. The first-order chi connectivity index (χ1) is 8.74. The standard InChI is InChI=1S/C16H24ClN/c1-3-14-5-4-9-18(10-8-14)16-7-6-15(12-17)13(2)11-16/h6-7,11,14H,3-5,8-10,12H2,1-2H3. The number of hydrogen-bond donors (Lipinski definition) is 0. The second-order valence-electron chi connectivity index (χ2n) is 5.44. The van der Waals surface area contributed by atoms with Crippen molar-refractivity contribution in [3.63, 3.8) is 0 Å². The Labute approximate surface area is 116 Å². The third-order valence-electron chi connectivity index (χ3n) is 4.26. The van der Waals surface area contributed by atoms with Crippen LogP contribution in [-0.2, 0) is 5.88 Å². The highest BCUT2D eigenvalue weighted by molar-refractivity contribution is 6.17. The molecule has 18 heavy (non-hydrogen) atoms. The van der Waals surface area contributed by atoms with Crippen molar-refractivity contribution in [1.82, 2.24) is 0 Å². The molecule has 2 rings (SSSR count). The molecule has 0 aromatic heterocycles. The highest BCUT2D eigenvalue weighted by atomic mass is 35.5. The molecule has 1 aromatic carbocycles. The number of halogens is 1. The molecule has 1 nitrogen and oxygen atoms in total. The van der Waals surface area contributed by atoms with E-state index in [4.69, 9.17) is 11.6 Å². The molecule has 1 atom stereocenters. The van der Waals surface area contributed by atoms with Gasteiger partial charge in [0.15, 0.2) is 0 Å². The maximum absolute atomic E-state index is 5.92. The van der Waals surface area contributed by atoms with Crippen molar-refractivity contribution in [1.29, 1.82) is 0 Å². The molecule has 1 saturated heterocycles. The lowest BCUT2D eigenvalue weighted by Gasteiger charge is -2.24. The minimum Gasteiger partial charge on any atom is -0.372 e. The van der Waals surface area contributed by atoms with Crippen molar-refractivity contribution in [2.45, 2.75) is 45.4 Å². The Morgan fingerprint density at radius 1 is 1.28 bits per heavy atom. The molecule has 1 aromatic rings. The Morgan fingerprint density at radius 2 is 2.11 bits per heavy atom. The molecule has 0 amide bonds. The van der Waals surface area contributed by atoms with Gasteiger partial charge < -0.3 is 4.90 Å². The molecule has 100 valence electrons. The summed E-state index contributed by atoms with van der Waals surface area (Å²) >= 11 is 5.92. The van der Waals surface area contributed by atoms with Crippen LogP contribution in [0.1, 0.15) is 43.7 Å². The van der Waals surface area contributed by atoms with Gasteiger partial charge in [0.25, 0.3) is 0 Å². The molecule has 2 heteroatoms. The Morgan fingerprint density at radius 3 is 2.78 bits per heavy atom. The molecule has 0 aliphatic carbocycles. The van der Waals surface area contributed by atoms with Crippen LogP contribution in [0, 0.1) is 12.8 Å². The molecule has 0 bridgehead atoms. The second kappa shape index (κ2) is 6.47. The van der Waals surface area contributed by atoms with E-state index in [0.29, 0.717) is 5.88 Å². The van der Waals surface area contributed by atoms with Crippen molar-refractivity contribution in [2.24, 2.45) is 5.92 Å². The van der Waals surface area contributed by atoms with Gasteiger partial charge in [-0.3, -0.25) is 0 Å². The van der Waals surface area contributed by atoms with E-state index in [2.05, 4.69) is 36.9 Å². The molecular formula is C16H24ClN. The van der Waals surface area contributed by atoms with Crippen molar-refractivity contribution < 1.29 is 0 Å². The molecule has 1 aliphatic rings. The molecular weight excluding hydrogens is 242 g/mol. The third-order valence-corrected chi connectivity index (χ3v) is 4.55. The van der Waals surface area contributed by atoms with Gasteiger partial charge in [0, 0.05) is 24.7 Å². The fourth-order valence-corrected chi connectivity index (χ4v) is 3.16. The summed E-state index contributed by atoms with van der Waals surface area (Å²) in [6.07, 6.45) is 5.39. The van der Waals surface area contributed by atoms with E-state index in [1.807, 2.05) is 0 Å². The van der Waals surface area contributed by atoms with Crippen LogP contribution in [0.2, 0.25) is 0 Å². The average Bonchev–Trinajstić information content (AvgIpc) is 2.63. The van der Waals surface area contributed by atoms with Crippen LogP contribution in [-0.4, -0.2) is 13.1 Å². The highest BCUT2D eigenvalue weighted by Gasteiger charge is 2.16. The SMILES string of the molecule is CCC1CCCN(c2ccc(CCl)c(C)c2)CC1. The fraction of sp³-hybridized carbons (Fsp3) is 0.625. The first kappa shape index (κ1) is 13.7. The normalized spacial score (nSPS) is 20.8. The van der Waals surface area contributed by atoms with Gasteiger partial charge in [0.1, 0.15) is 0 Å². The smallest absolute Gasteiger partial charge is 0.0476 e. The first-order valence-corrected chi connectivity index (χ1v) is 7.68. The maximum Gasteiger partial charge on any atom is 0.0476 e. The van der Waals surface area contributed by atoms with Crippen LogP contribution in [0.4, 0.5) is 5.69 Å². The topological polar surface area (TPSA) is 3.24 Å². The summed E-state index contributed by atoms with van der Waals surface area (Å²) in [7, 11) is 0. The monoisotopic (exact) mass is 265 g/mol. The lowest BCUT2D eigenvalue weighted by atomic mass is 9.98.